The number of carbonyl (C=O) groups excluding carboxylic acids is 1. The van der Waals surface area contributed by atoms with Gasteiger partial charge in [-0.3, -0.25) is 4.79 Å². The summed E-state index contributed by atoms with van der Waals surface area (Å²) in [5, 5.41) is 12.9. The lowest BCUT2D eigenvalue weighted by Crippen LogP contribution is -2.30. The molecule has 162 valence electrons. The molecule has 0 aromatic heterocycles. The Hall–Kier alpha value is -2.04. The van der Waals surface area contributed by atoms with Gasteiger partial charge in [-0.1, -0.05) is 50.9 Å². The number of hydrogen-bond acceptors (Lipinski definition) is 3. The predicted molar refractivity (Wildman–Crippen MR) is 122 cm³/mol. The summed E-state index contributed by atoms with van der Waals surface area (Å²) in [5.41, 5.74) is 2.65. The first-order chi connectivity index (χ1) is 14.3. The van der Waals surface area contributed by atoms with E-state index in [0.717, 1.165) is 48.2 Å². The van der Waals surface area contributed by atoms with Crippen LogP contribution in [0.1, 0.15) is 57.6 Å². The maximum Gasteiger partial charge on any atom is 0.227 e. The molecule has 0 radical (unpaired) electrons. The molecule has 0 aliphatic heterocycles. The smallest absolute Gasteiger partial charge is 0.227 e. The van der Waals surface area contributed by atoms with E-state index in [-0.39, 0.29) is 23.8 Å². The molecule has 5 heteroatoms. The molecule has 2 aromatic carbocycles. The summed E-state index contributed by atoms with van der Waals surface area (Å²) in [5.74, 6) is 1.30. The molecule has 0 spiro atoms. The molecule has 1 saturated carbocycles. The Bertz CT molecular complexity index is 858. The van der Waals surface area contributed by atoms with E-state index >= 15 is 0 Å². The molecule has 2 unspecified atom stereocenters. The summed E-state index contributed by atoms with van der Waals surface area (Å²) in [6, 6.07) is 13.1. The molecule has 1 amide bonds. The fraction of sp³-hybridized carbons (Fsp3) is 0.480. The minimum atomic E-state index is -0.0548. The van der Waals surface area contributed by atoms with Crippen LogP contribution in [0.15, 0.2) is 42.5 Å². The lowest BCUT2D eigenvalue weighted by molar-refractivity contribution is -0.121. The zero-order valence-corrected chi connectivity index (χ0v) is 18.8. The molecule has 3 rings (SSSR count). The van der Waals surface area contributed by atoms with Gasteiger partial charge in [-0.05, 0) is 66.5 Å². The minimum Gasteiger partial charge on any atom is -0.493 e. The van der Waals surface area contributed by atoms with Crippen LogP contribution in [-0.2, 0) is 16.8 Å². The van der Waals surface area contributed by atoms with Crippen LogP contribution in [0.3, 0.4) is 0 Å². The molecule has 2 atom stereocenters. The van der Waals surface area contributed by atoms with Gasteiger partial charge in [0.15, 0.2) is 0 Å². The molecule has 2 N–H and O–H groups in total. The monoisotopic (exact) mass is 429 g/mol. The molecule has 2 aromatic rings. The van der Waals surface area contributed by atoms with Gasteiger partial charge in [-0.15, -0.1) is 0 Å². The van der Waals surface area contributed by atoms with E-state index in [2.05, 4.69) is 26.1 Å². The molecule has 0 saturated heterocycles. The van der Waals surface area contributed by atoms with E-state index in [1.54, 1.807) is 0 Å². The van der Waals surface area contributed by atoms with Crippen LogP contribution in [0.25, 0.3) is 0 Å². The summed E-state index contributed by atoms with van der Waals surface area (Å²) in [6.45, 7) is 7.07. The first kappa shape index (κ1) is 22.6. The van der Waals surface area contributed by atoms with Crippen molar-refractivity contribution >= 4 is 23.2 Å². The second kappa shape index (κ2) is 9.84. The Morgan fingerprint density at radius 1 is 1.17 bits per heavy atom. The van der Waals surface area contributed by atoms with E-state index in [1.807, 2.05) is 42.5 Å². The van der Waals surface area contributed by atoms with Crippen LogP contribution in [0.4, 0.5) is 5.69 Å². The average Bonchev–Trinajstić information content (AvgIpc) is 2.73. The van der Waals surface area contributed by atoms with Gasteiger partial charge in [0.05, 0.1) is 13.2 Å². The lowest BCUT2D eigenvalue weighted by atomic mass is 9.81. The van der Waals surface area contributed by atoms with E-state index in [1.165, 1.54) is 0 Å². The van der Waals surface area contributed by atoms with Gasteiger partial charge in [0.1, 0.15) is 5.75 Å². The van der Waals surface area contributed by atoms with Crippen LogP contribution < -0.4 is 10.1 Å². The van der Waals surface area contributed by atoms with Crippen molar-refractivity contribution in [3.8, 4) is 5.75 Å². The van der Waals surface area contributed by atoms with Gasteiger partial charge >= 0.3 is 0 Å². The molecular weight excluding hydrogens is 398 g/mol. The summed E-state index contributed by atoms with van der Waals surface area (Å²) >= 11 is 6.20. The maximum absolute atomic E-state index is 12.7. The number of hydrogen-bond donors (Lipinski definition) is 2. The third-order valence-electron chi connectivity index (χ3n) is 5.78. The Morgan fingerprint density at radius 3 is 2.57 bits per heavy atom. The van der Waals surface area contributed by atoms with Crippen molar-refractivity contribution in [3.05, 3.63) is 58.6 Å². The van der Waals surface area contributed by atoms with E-state index < -0.39 is 0 Å². The number of halogens is 1. The summed E-state index contributed by atoms with van der Waals surface area (Å²) in [4.78, 5) is 12.7. The number of nitrogens with one attached hydrogen (secondary N) is 1. The number of rotatable bonds is 6. The lowest BCUT2D eigenvalue weighted by Gasteiger charge is -2.29. The number of aliphatic hydroxyl groups is 1. The fourth-order valence-electron chi connectivity index (χ4n) is 4.04. The van der Waals surface area contributed by atoms with Gasteiger partial charge < -0.3 is 15.2 Å². The second-order valence-electron chi connectivity index (χ2n) is 9.28. The minimum absolute atomic E-state index is 0.00262. The number of anilines is 1. The quantitative estimate of drug-likeness (QED) is 0.596. The van der Waals surface area contributed by atoms with Gasteiger partial charge in [0.25, 0.3) is 0 Å². The average molecular weight is 430 g/mol. The SMILES string of the molecule is CC(C)(C)c1cc(Cl)ccc1OCC1CCCC(C(=O)Nc2ccc(CO)cc2)C1. The highest BCUT2D eigenvalue weighted by Gasteiger charge is 2.28. The Kier molecular flexibility index (Phi) is 7.43. The van der Waals surface area contributed by atoms with Gasteiger partial charge in [-0.25, -0.2) is 0 Å². The van der Waals surface area contributed by atoms with Gasteiger partial charge in [-0.2, -0.15) is 0 Å². The van der Waals surface area contributed by atoms with Crippen molar-refractivity contribution in [2.45, 2.75) is 58.5 Å². The number of aliphatic hydroxyl groups excluding tert-OH is 1. The molecule has 0 bridgehead atoms. The van der Waals surface area contributed by atoms with E-state index in [9.17, 15) is 4.79 Å². The van der Waals surface area contributed by atoms with Crippen LogP contribution in [0, 0.1) is 11.8 Å². The maximum atomic E-state index is 12.7. The van der Waals surface area contributed by atoms with Crippen molar-refractivity contribution in [1.29, 1.82) is 0 Å². The topological polar surface area (TPSA) is 58.6 Å². The first-order valence-electron chi connectivity index (χ1n) is 10.7. The van der Waals surface area contributed by atoms with Gasteiger partial charge in [0.2, 0.25) is 5.91 Å². The third kappa shape index (κ3) is 5.99. The van der Waals surface area contributed by atoms with Crippen molar-refractivity contribution in [2.24, 2.45) is 11.8 Å². The molecule has 4 nitrogen and oxygen atoms in total. The van der Waals surface area contributed by atoms with Crippen LogP contribution in [-0.4, -0.2) is 17.6 Å². The van der Waals surface area contributed by atoms with Crippen molar-refractivity contribution in [1.82, 2.24) is 0 Å². The standard InChI is InChI=1S/C25H32ClNO3/c1-25(2,3)22-14-20(26)9-12-23(22)30-16-18-5-4-6-19(13-18)24(29)27-21-10-7-17(15-28)8-11-21/h7-12,14,18-19,28H,4-6,13,15-16H2,1-3H3,(H,27,29). The fourth-order valence-corrected chi connectivity index (χ4v) is 4.21. The zero-order valence-electron chi connectivity index (χ0n) is 18.1. The van der Waals surface area contributed by atoms with E-state index in [4.69, 9.17) is 21.4 Å². The molecule has 1 fully saturated rings. The van der Waals surface area contributed by atoms with Crippen molar-refractivity contribution < 1.29 is 14.6 Å². The van der Waals surface area contributed by atoms with Crippen molar-refractivity contribution in [3.63, 3.8) is 0 Å². The van der Waals surface area contributed by atoms with Crippen LogP contribution in [0.5, 0.6) is 5.75 Å². The normalized spacial score (nSPS) is 19.4. The summed E-state index contributed by atoms with van der Waals surface area (Å²) < 4.78 is 6.22. The van der Waals surface area contributed by atoms with E-state index in [0.29, 0.717) is 17.5 Å². The predicted octanol–water partition coefficient (Wildman–Crippen LogP) is 5.95. The van der Waals surface area contributed by atoms with Crippen LogP contribution >= 0.6 is 11.6 Å². The van der Waals surface area contributed by atoms with Crippen LogP contribution in [0.2, 0.25) is 5.02 Å². The Morgan fingerprint density at radius 2 is 1.90 bits per heavy atom. The second-order valence-corrected chi connectivity index (χ2v) is 9.71. The number of benzene rings is 2. The zero-order chi connectivity index (χ0) is 21.7. The molecule has 0 heterocycles. The molecular formula is C25H32ClNO3. The highest BCUT2D eigenvalue weighted by molar-refractivity contribution is 6.30. The molecule has 1 aliphatic carbocycles. The summed E-state index contributed by atoms with van der Waals surface area (Å²) in [7, 11) is 0. The Labute approximate surface area is 184 Å². The largest absolute Gasteiger partial charge is 0.493 e. The number of amides is 1. The van der Waals surface area contributed by atoms with Gasteiger partial charge in [0, 0.05) is 22.2 Å². The highest BCUT2D eigenvalue weighted by Crippen LogP contribution is 2.35. The van der Waals surface area contributed by atoms with Crippen molar-refractivity contribution in [2.75, 3.05) is 11.9 Å². The summed E-state index contributed by atoms with van der Waals surface area (Å²) in [6.07, 6.45) is 3.85. The number of carbonyl (C=O) groups is 1. The Balaban J connectivity index is 1.58. The number of ether oxygens (including phenoxy) is 1. The first-order valence-corrected chi connectivity index (χ1v) is 11.1. The molecule has 30 heavy (non-hydrogen) atoms. The molecule has 1 aliphatic rings. The third-order valence-corrected chi connectivity index (χ3v) is 6.02. The highest BCUT2D eigenvalue weighted by atomic mass is 35.5.